The van der Waals surface area contributed by atoms with E-state index in [-0.39, 0.29) is 30.5 Å². The van der Waals surface area contributed by atoms with Crippen LogP contribution in [0.1, 0.15) is 29.6 Å². The van der Waals surface area contributed by atoms with Crippen molar-refractivity contribution in [2.75, 3.05) is 19.8 Å². The Hall–Kier alpha value is -1.76. The molecule has 1 aliphatic rings. The fourth-order valence-electron chi connectivity index (χ4n) is 2.50. The number of guanidine groups is 1. The van der Waals surface area contributed by atoms with E-state index in [2.05, 4.69) is 20.6 Å². The number of benzene rings is 1. The van der Waals surface area contributed by atoms with Crippen LogP contribution in [0.4, 0.5) is 13.2 Å². The van der Waals surface area contributed by atoms with Crippen molar-refractivity contribution in [1.29, 1.82) is 0 Å². The van der Waals surface area contributed by atoms with Gasteiger partial charge in [-0.15, -0.1) is 35.3 Å². The largest absolute Gasteiger partial charge is 0.490 e. The van der Waals surface area contributed by atoms with Crippen LogP contribution in [-0.4, -0.2) is 30.7 Å². The number of hydrogen-bond acceptors (Lipinski definition) is 5. The summed E-state index contributed by atoms with van der Waals surface area (Å²) in [6, 6.07) is 5.67. The second-order valence-corrected chi connectivity index (χ2v) is 6.95. The molecule has 6 nitrogen and oxygen atoms in total. The highest BCUT2D eigenvalue weighted by Crippen LogP contribution is 2.31. The Bertz CT molecular complexity index is 830. The molecule has 0 atom stereocenters. The van der Waals surface area contributed by atoms with Crippen molar-refractivity contribution in [3.05, 3.63) is 39.8 Å². The number of rotatable bonds is 5. The van der Waals surface area contributed by atoms with Crippen LogP contribution in [0.2, 0.25) is 0 Å². The molecule has 11 heteroatoms. The Morgan fingerprint density at radius 3 is 2.66 bits per heavy atom. The number of nitrogens with zero attached hydrogens (tertiary/aromatic N) is 2. The zero-order valence-corrected chi connectivity index (χ0v) is 18.9. The zero-order chi connectivity index (χ0) is 20.0. The molecule has 1 aromatic heterocycles. The predicted molar refractivity (Wildman–Crippen MR) is 116 cm³/mol. The third-order valence-electron chi connectivity index (χ3n) is 3.83. The molecule has 0 saturated carbocycles. The van der Waals surface area contributed by atoms with Gasteiger partial charge in [0.1, 0.15) is 5.01 Å². The maximum atomic E-state index is 12.6. The van der Waals surface area contributed by atoms with Crippen LogP contribution in [0.5, 0.6) is 11.5 Å². The molecule has 1 aliphatic heterocycles. The minimum Gasteiger partial charge on any atom is -0.490 e. The monoisotopic (exact) mass is 542 g/mol. The average Bonchev–Trinajstić information content (AvgIpc) is 3.03. The summed E-state index contributed by atoms with van der Waals surface area (Å²) in [5.74, 6) is 1.92. The third kappa shape index (κ3) is 6.91. The number of thiazole rings is 1. The van der Waals surface area contributed by atoms with Crippen molar-refractivity contribution in [3.8, 4) is 11.5 Å². The minimum absolute atomic E-state index is 0. The molecule has 0 bridgehead atoms. The normalized spacial score (nSPS) is 14.0. The summed E-state index contributed by atoms with van der Waals surface area (Å²) in [7, 11) is 0. The summed E-state index contributed by atoms with van der Waals surface area (Å²) in [5, 5.41) is 7.43. The molecule has 2 heterocycles. The second kappa shape index (κ2) is 10.9. The highest BCUT2D eigenvalue weighted by Gasteiger charge is 2.33. The van der Waals surface area contributed by atoms with Gasteiger partial charge in [0, 0.05) is 18.3 Å². The molecule has 3 rings (SSSR count). The first-order chi connectivity index (χ1) is 13.5. The molecule has 1 aromatic carbocycles. The van der Waals surface area contributed by atoms with E-state index in [0.717, 1.165) is 34.5 Å². The van der Waals surface area contributed by atoms with E-state index in [1.807, 2.05) is 25.1 Å². The predicted octanol–water partition coefficient (Wildman–Crippen LogP) is 4.20. The summed E-state index contributed by atoms with van der Waals surface area (Å²) in [6.45, 7) is 4.32. The summed E-state index contributed by atoms with van der Waals surface area (Å²) >= 11 is 0.962. The molecule has 160 valence electrons. The number of fused-ring (bicyclic) bond motifs is 1. The number of ether oxygens (including phenoxy) is 2. The number of aliphatic imine (C=N–C) groups is 1. The topological polar surface area (TPSA) is 67.8 Å². The molecule has 0 fully saturated rings. The fourth-order valence-corrected chi connectivity index (χ4v) is 3.24. The SMILES string of the molecule is CCNC(=NCc1ccc2c(c1)OCCCO2)NCc1nc(C(F)(F)F)cs1.I. The van der Waals surface area contributed by atoms with Crippen molar-refractivity contribution in [2.24, 2.45) is 4.99 Å². The van der Waals surface area contributed by atoms with Crippen molar-refractivity contribution in [3.63, 3.8) is 0 Å². The van der Waals surface area contributed by atoms with E-state index >= 15 is 0 Å². The molecule has 2 N–H and O–H groups in total. The van der Waals surface area contributed by atoms with Gasteiger partial charge >= 0.3 is 6.18 Å². The number of halogens is 4. The second-order valence-electron chi connectivity index (χ2n) is 6.00. The molecule has 0 unspecified atom stereocenters. The van der Waals surface area contributed by atoms with Crippen LogP contribution in [0.15, 0.2) is 28.6 Å². The Morgan fingerprint density at radius 1 is 1.21 bits per heavy atom. The third-order valence-corrected chi connectivity index (χ3v) is 4.67. The molecular formula is C18H22F3IN4O2S. The Kier molecular flexibility index (Phi) is 8.80. The molecule has 0 saturated heterocycles. The first kappa shape index (κ1) is 23.5. The van der Waals surface area contributed by atoms with E-state index in [1.54, 1.807) is 0 Å². The molecule has 0 aliphatic carbocycles. The fraction of sp³-hybridized carbons (Fsp3) is 0.444. The Balaban J connectivity index is 0.00000300. The van der Waals surface area contributed by atoms with Gasteiger partial charge in [0.2, 0.25) is 0 Å². The lowest BCUT2D eigenvalue weighted by Crippen LogP contribution is -2.36. The highest BCUT2D eigenvalue weighted by molar-refractivity contribution is 14.0. The molecular weight excluding hydrogens is 520 g/mol. The molecule has 2 aromatic rings. The summed E-state index contributed by atoms with van der Waals surface area (Å²) < 4.78 is 49.2. The first-order valence-corrected chi connectivity index (χ1v) is 9.76. The van der Waals surface area contributed by atoms with Crippen molar-refractivity contribution < 1.29 is 22.6 Å². The lowest BCUT2D eigenvalue weighted by molar-refractivity contribution is -0.140. The highest BCUT2D eigenvalue weighted by atomic mass is 127. The van der Waals surface area contributed by atoms with Crippen LogP contribution in [-0.2, 0) is 19.3 Å². The van der Waals surface area contributed by atoms with Gasteiger partial charge in [-0.3, -0.25) is 0 Å². The molecule has 0 amide bonds. The van der Waals surface area contributed by atoms with E-state index < -0.39 is 11.9 Å². The number of alkyl halides is 3. The van der Waals surface area contributed by atoms with Gasteiger partial charge < -0.3 is 20.1 Å². The van der Waals surface area contributed by atoms with E-state index in [0.29, 0.717) is 43.0 Å². The lowest BCUT2D eigenvalue weighted by Gasteiger charge is -2.11. The lowest BCUT2D eigenvalue weighted by atomic mass is 10.2. The van der Waals surface area contributed by atoms with Crippen molar-refractivity contribution >= 4 is 41.3 Å². The van der Waals surface area contributed by atoms with Crippen molar-refractivity contribution in [2.45, 2.75) is 32.6 Å². The summed E-state index contributed by atoms with van der Waals surface area (Å²) in [4.78, 5) is 8.09. The summed E-state index contributed by atoms with van der Waals surface area (Å²) in [6.07, 6.45) is -3.59. The van der Waals surface area contributed by atoms with E-state index in [1.165, 1.54) is 0 Å². The van der Waals surface area contributed by atoms with E-state index in [4.69, 9.17) is 9.47 Å². The Labute approximate surface area is 187 Å². The van der Waals surface area contributed by atoms with Crippen LogP contribution >= 0.6 is 35.3 Å². The van der Waals surface area contributed by atoms with Gasteiger partial charge in [0.05, 0.1) is 26.3 Å². The molecule has 0 radical (unpaired) electrons. The molecule has 0 spiro atoms. The van der Waals surface area contributed by atoms with Gasteiger partial charge in [-0.25, -0.2) is 9.98 Å². The molecule has 29 heavy (non-hydrogen) atoms. The maximum Gasteiger partial charge on any atom is 0.434 e. The van der Waals surface area contributed by atoms with Crippen LogP contribution in [0.25, 0.3) is 0 Å². The van der Waals surface area contributed by atoms with E-state index in [9.17, 15) is 13.2 Å². The standard InChI is InChI=1S/C18H21F3N4O2S.HI/c1-2-22-17(24-10-16-25-15(11-28-16)18(19,20)21)23-9-12-4-5-13-14(8-12)27-7-3-6-26-13;/h4-5,8,11H,2-3,6-7,9-10H2,1H3,(H2,22,23,24);1H. The number of nitrogens with one attached hydrogen (secondary N) is 2. The quantitative estimate of drug-likeness (QED) is 0.337. The van der Waals surface area contributed by atoms with Gasteiger partial charge in [-0.1, -0.05) is 6.07 Å². The maximum absolute atomic E-state index is 12.6. The van der Waals surface area contributed by atoms with Gasteiger partial charge in [-0.05, 0) is 24.6 Å². The van der Waals surface area contributed by atoms with Crippen LogP contribution in [0.3, 0.4) is 0 Å². The average molecular weight is 542 g/mol. The van der Waals surface area contributed by atoms with Crippen LogP contribution < -0.4 is 20.1 Å². The summed E-state index contributed by atoms with van der Waals surface area (Å²) in [5.41, 5.74) is 0.0681. The smallest absolute Gasteiger partial charge is 0.434 e. The minimum atomic E-state index is -4.43. The van der Waals surface area contributed by atoms with Crippen molar-refractivity contribution in [1.82, 2.24) is 15.6 Å². The first-order valence-electron chi connectivity index (χ1n) is 8.88. The van der Waals surface area contributed by atoms with Gasteiger partial charge in [-0.2, -0.15) is 13.2 Å². The van der Waals surface area contributed by atoms with Gasteiger partial charge in [0.15, 0.2) is 23.2 Å². The zero-order valence-electron chi connectivity index (χ0n) is 15.7. The van der Waals surface area contributed by atoms with Gasteiger partial charge in [0.25, 0.3) is 0 Å². The number of aromatic nitrogens is 1. The van der Waals surface area contributed by atoms with Crippen LogP contribution in [0, 0.1) is 0 Å². The Morgan fingerprint density at radius 2 is 1.97 bits per heavy atom. The number of hydrogen-bond donors (Lipinski definition) is 2.